The first-order valence-electron chi connectivity index (χ1n) is 6.54. The van der Waals surface area contributed by atoms with Crippen molar-refractivity contribution < 1.29 is 4.39 Å². The minimum absolute atomic E-state index is 0.198. The minimum atomic E-state index is -0.198. The first-order chi connectivity index (χ1) is 9.24. The maximum atomic E-state index is 12.8. The molecule has 19 heavy (non-hydrogen) atoms. The van der Waals surface area contributed by atoms with Crippen molar-refractivity contribution in [2.45, 2.75) is 44.1 Å². The lowest BCUT2D eigenvalue weighted by Crippen LogP contribution is -2.03. The number of nitrogens with zero attached hydrogens (tertiary/aromatic N) is 3. The highest BCUT2D eigenvalue weighted by atomic mass is 32.2. The highest BCUT2D eigenvalue weighted by Crippen LogP contribution is 2.22. The molecule has 0 N–H and O–H groups in total. The van der Waals surface area contributed by atoms with Crippen LogP contribution in [0.1, 0.15) is 31.7 Å². The minimum Gasteiger partial charge on any atom is -0.306 e. The van der Waals surface area contributed by atoms with E-state index in [9.17, 15) is 4.39 Å². The van der Waals surface area contributed by atoms with Crippen LogP contribution in [-0.4, -0.2) is 14.8 Å². The molecule has 0 bridgehead atoms. The van der Waals surface area contributed by atoms with Crippen molar-refractivity contribution in [3.8, 4) is 0 Å². The summed E-state index contributed by atoms with van der Waals surface area (Å²) in [6.45, 7) is 5.12. The molecule has 0 radical (unpaired) electrons. The molecule has 0 aliphatic heterocycles. The smallest absolute Gasteiger partial charge is 0.191 e. The Labute approximate surface area is 117 Å². The van der Waals surface area contributed by atoms with Crippen LogP contribution in [0.2, 0.25) is 0 Å². The van der Waals surface area contributed by atoms with Crippen LogP contribution in [0.3, 0.4) is 0 Å². The predicted octanol–water partition coefficient (Wildman–Crippen LogP) is 3.68. The summed E-state index contributed by atoms with van der Waals surface area (Å²) in [6.07, 6.45) is 2.03. The largest absolute Gasteiger partial charge is 0.306 e. The van der Waals surface area contributed by atoms with E-state index in [0.29, 0.717) is 0 Å². The highest BCUT2D eigenvalue weighted by molar-refractivity contribution is 7.98. The molecule has 0 fully saturated rings. The molecule has 1 heterocycles. The molecule has 3 nitrogen and oxygen atoms in total. The third-order valence-electron chi connectivity index (χ3n) is 2.86. The van der Waals surface area contributed by atoms with E-state index in [1.807, 2.05) is 12.1 Å². The van der Waals surface area contributed by atoms with Crippen molar-refractivity contribution in [1.29, 1.82) is 0 Å². The molecular weight excluding hydrogens is 261 g/mol. The van der Waals surface area contributed by atoms with Gasteiger partial charge in [-0.15, -0.1) is 10.2 Å². The molecule has 5 heteroatoms. The lowest BCUT2D eigenvalue weighted by molar-refractivity contribution is 0.627. The van der Waals surface area contributed by atoms with Crippen LogP contribution in [0.15, 0.2) is 29.4 Å². The maximum Gasteiger partial charge on any atom is 0.191 e. The van der Waals surface area contributed by atoms with Gasteiger partial charge in [0.15, 0.2) is 5.16 Å². The van der Waals surface area contributed by atoms with E-state index in [1.54, 1.807) is 11.8 Å². The number of hydrogen-bond donors (Lipinski definition) is 0. The van der Waals surface area contributed by atoms with Crippen LogP contribution in [-0.2, 0) is 18.7 Å². The number of halogens is 1. The molecule has 1 aromatic heterocycles. The first kappa shape index (κ1) is 14.1. The van der Waals surface area contributed by atoms with Gasteiger partial charge in [-0.3, -0.25) is 0 Å². The molecule has 0 saturated carbocycles. The summed E-state index contributed by atoms with van der Waals surface area (Å²) in [4.78, 5) is 0. The molecule has 1 aromatic carbocycles. The second-order valence-electron chi connectivity index (χ2n) is 4.31. The second-order valence-corrected chi connectivity index (χ2v) is 5.25. The van der Waals surface area contributed by atoms with Crippen LogP contribution in [0.5, 0.6) is 0 Å². The number of benzene rings is 1. The van der Waals surface area contributed by atoms with Gasteiger partial charge in [0.1, 0.15) is 11.6 Å². The summed E-state index contributed by atoms with van der Waals surface area (Å²) in [5, 5.41) is 9.42. The summed E-state index contributed by atoms with van der Waals surface area (Å²) < 4.78 is 15.0. The maximum absolute atomic E-state index is 12.8. The zero-order chi connectivity index (χ0) is 13.7. The zero-order valence-electron chi connectivity index (χ0n) is 11.3. The van der Waals surface area contributed by atoms with Gasteiger partial charge in [0.2, 0.25) is 0 Å². The number of aryl methyl sites for hydroxylation is 1. The van der Waals surface area contributed by atoms with Gasteiger partial charge < -0.3 is 4.57 Å². The Morgan fingerprint density at radius 2 is 1.89 bits per heavy atom. The second kappa shape index (κ2) is 6.70. The molecular formula is C14H18FN3S. The van der Waals surface area contributed by atoms with E-state index in [-0.39, 0.29) is 5.82 Å². The molecule has 102 valence electrons. The Kier molecular flexibility index (Phi) is 4.96. The molecule has 0 atom stereocenters. The third-order valence-corrected chi connectivity index (χ3v) is 3.90. The van der Waals surface area contributed by atoms with Gasteiger partial charge in [-0.05, 0) is 31.0 Å². The summed E-state index contributed by atoms with van der Waals surface area (Å²) in [6, 6.07) is 6.59. The molecule has 0 spiro atoms. The molecule has 0 amide bonds. The summed E-state index contributed by atoms with van der Waals surface area (Å²) in [7, 11) is 0. The highest BCUT2D eigenvalue weighted by Gasteiger charge is 2.10. The third kappa shape index (κ3) is 3.56. The van der Waals surface area contributed by atoms with Crippen molar-refractivity contribution in [3.63, 3.8) is 0 Å². The number of hydrogen-bond acceptors (Lipinski definition) is 3. The van der Waals surface area contributed by atoms with Gasteiger partial charge in [0.05, 0.1) is 0 Å². The first-order valence-corrected chi connectivity index (χ1v) is 7.52. The number of thioether (sulfide) groups is 1. The Hall–Kier alpha value is -1.36. The molecule has 2 rings (SSSR count). The summed E-state index contributed by atoms with van der Waals surface area (Å²) >= 11 is 1.64. The monoisotopic (exact) mass is 279 g/mol. The van der Waals surface area contributed by atoms with Crippen LogP contribution in [0.25, 0.3) is 0 Å². The van der Waals surface area contributed by atoms with E-state index in [2.05, 4.69) is 28.6 Å². The molecule has 2 aromatic rings. The van der Waals surface area contributed by atoms with Crippen LogP contribution >= 0.6 is 11.8 Å². The Morgan fingerprint density at radius 1 is 1.16 bits per heavy atom. The normalized spacial score (nSPS) is 10.9. The van der Waals surface area contributed by atoms with Gasteiger partial charge in [0, 0.05) is 18.7 Å². The lowest BCUT2D eigenvalue weighted by Gasteiger charge is -2.06. The van der Waals surface area contributed by atoms with Gasteiger partial charge in [-0.2, -0.15) is 0 Å². The van der Waals surface area contributed by atoms with Gasteiger partial charge >= 0.3 is 0 Å². The molecule has 0 aliphatic rings. The van der Waals surface area contributed by atoms with Crippen LogP contribution < -0.4 is 0 Å². The van der Waals surface area contributed by atoms with Crippen LogP contribution in [0.4, 0.5) is 4.39 Å². The van der Waals surface area contributed by atoms with Crippen molar-refractivity contribution in [3.05, 3.63) is 41.5 Å². The average molecular weight is 279 g/mol. The van der Waals surface area contributed by atoms with E-state index >= 15 is 0 Å². The fourth-order valence-electron chi connectivity index (χ4n) is 1.88. The van der Waals surface area contributed by atoms with Crippen molar-refractivity contribution in [1.82, 2.24) is 14.8 Å². The Bertz CT molecular complexity index is 522. The average Bonchev–Trinajstić information content (AvgIpc) is 2.81. The van der Waals surface area contributed by atoms with Gasteiger partial charge in [0.25, 0.3) is 0 Å². The standard InChI is InChI=1S/C14H18FN3S/c1-3-5-13-16-17-14(18(13)4-2)19-10-11-6-8-12(15)9-7-11/h6-9H,3-5,10H2,1-2H3. The number of rotatable bonds is 6. The fourth-order valence-corrected chi connectivity index (χ4v) is 2.86. The zero-order valence-corrected chi connectivity index (χ0v) is 12.1. The number of aromatic nitrogens is 3. The summed E-state index contributed by atoms with van der Waals surface area (Å²) in [5.41, 5.74) is 1.09. The van der Waals surface area contributed by atoms with Crippen molar-refractivity contribution >= 4 is 11.8 Å². The SMILES string of the molecule is CCCc1nnc(SCc2ccc(F)cc2)n1CC. The quantitative estimate of drug-likeness (QED) is 0.756. The topological polar surface area (TPSA) is 30.7 Å². The fraction of sp³-hybridized carbons (Fsp3) is 0.429. The van der Waals surface area contributed by atoms with Crippen molar-refractivity contribution in [2.24, 2.45) is 0 Å². The Morgan fingerprint density at radius 3 is 2.53 bits per heavy atom. The molecule has 0 aliphatic carbocycles. The van der Waals surface area contributed by atoms with Gasteiger partial charge in [-0.25, -0.2) is 4.39 Å². The van der Waals surface area contributed by atoms with E-state index in [4.69, 9.17) is 0 Å². The van der Waals surface area contributed by atoms with Crippen molar-refractivity contribution in [2.75, 3.05) is 0 Å². The van der Waals surface area contributed by atoms with Crippen LogP contribution in [0, 0.1) is 5.82 Å². The van der Waals surface area contributed by atoms with Gasteiger partial charge in [-0.1, -0.05) is 30.8 Å². The summed E-state index contributed by atoms with van der Waals surface area (Å²) in [5.74, 6) is 1.63. The Balaban J connectivity index is 2.04. The molecule has 0 unspecified atom stereocenters. The van der Waals surface area contributed by atoms with E-state index in [1.165, 1.54) is 12.1 Å². The van der Waals surface area contributed by atoms with E-state index < -0.39 is 0 Å². The molecule has 0 saturated heterocycles. The van der Waals surface area contributed by atoms with E-state index in [0.717, 1.165) is 41.7 Å². The lowest BCUT2D eigenvalue weighted by atomic mass is 10.2. The predicted molar refractivity (Wildman–Crippen MR) is 75.7 cm³/mol.